The third kappa shape index (κ3) is 5.70. The zero-order chi connectivity index (χ0) is 14.1. The van der Waals surface area contributed by atoms with Crippen molar-refractivity contribution in [1.82, 2.24) is 0 Å². The maximum absolute atomic E-state index is 11.4. The van der Waals surface area contributed by atoms with Gasteiger partial charge >= 0.3 is 5.97 Å². The van der Waals surface area contributed by atoms with E-state index in [4.69, 9.17) is 4.74 Å². The van der Waals surface area contributed by atoms with Gasteiger partial charge in [-0.15, -0.1) is 0 Å². The van der Waals surface area contributed by atoms with Crippen molar-refractivity contribution in [2.45, 2.75) is 26.2 Å². The van der Waals surface area contributed by atoms with Crippen LogP contribution in [-0.2, 0) is 20.2 Å². The number of hydrogen-bond acceptors (Lipinski definition) is 4. The van der Waals surface area contributed by atoms with Crippen molar-refractivity contribution in [3.8, 4) is 0 Å². The van der Waals surface area contributed by atoms with E-state index in [2.05, 4.69) is 0 Å². The lowest BCUT2D eigenvalue weighted by Crippen LogP contribution is -2.04. The molecule has 0 bridgehead atoms. The Morgan fingerprint density at radius 1 is 1.26 bits per heavy atom. The van der Waals surface area contributed by atoms with Crippen LogP contribution in [0.15, 0.2) is 36.4 Å². The molecule has 0 spiro atoms. The highest BCUT2D eigenvalue weighted by molar-refractivity contribution is 7.83. The summed E-state index contributed by atoms with van der Waals surface area (Å²) in [6.45, 7) is 2.39. The number of ether oxygens (including phenoxy) is 1. The summed E-state index contributed by atoms with van der Waals surface area (Å²) in [5.41, 5.74) is 0.583. The predicted octanol–water partition coefficient (Wildman–Crippen LogP) is 2.37. The number of benzene rings is 1. The summed E-state index contributed by atoms with van der Waals surface area (Å²) in [7, 11) is -2.73. The Balaban J connectivity index is 2.68. The SMILES string of the molecule is CCCCOC(=O)CC=C(c1ccccc1)[SH](=O)=O. The molecule has 0 saturated carbocycles. The molecule has 0 aliphatic rings. The van der Waals surface area contributed by atoms with Crippen molar-refractivity contribution >= 4 is 21.6 Å². The van der Waals surface area contributed by atoms with Crippen LogP contribution in [0.2, 0.25) is 0 Å². The first-order valence-corrected chi connectivity index (χ1v) is 7.38. The molecule has 1 rings (SSSR count). The molecular formula is C14H18O4S. The zero-order valence-corrected chi connectivity index (χ0v) is 11.8. The largest absolute Gasteiger partial charge is 0.465 e. The first-order valence-electron chi connectivity index (χ1n) is 6.20. The monoisotopic (exact) mass is 282 g/mol. The average molecular weight is 282 g/mol. The van der Waals surface area contributed by atoms with Gasteiger partial charge in [-0.3, -0.25) is 4.79 Å². The third-order valence-corrected chi connectivity index (χ3v) is 3.32. The van der Waals surface area contributed by atoms with Crippen molar-refractivity contribution in [3.05, 3.63) is 42.0 Å². The second kappa shape index (κ2) is 8.48. The van der Waals surface area contributed by atoms with Crippen LogP contribution in [0.3, 0.4) is 0 Å². The Kier molecular flexibility index (Phi) is 6.89. The molecule has 4 nitrogen and oxygen atoms in total. The Morgan fingerprint density at radius 3 is 2.53 bits per heavy atom. The Labute approximate surface area is 115 Å². The smallest absolute Gasteiger partial charge is 0.309 e. The van der Waals surface area contributed by atoms with E-state index in [1.165, 1.54) is 6.08 Å². The molecule has 1 aromatic carbocycles. The van der Waals surface area contributed by atoms with E-state index < -0.39 is 16.7 Å². The van der Waals surface area contributed by atoms with Gasteiger partial charge in [0.1, 0.15) is 0 Å². The fraction of sp³-hybridized carbons (Fsp3) is 0.357. The summed E-state index contributed by atoms with van der Waals surface area (Å²) in [4.78, 5) is 11.6. The highest BCUT2D eigenvalue weighted by Gasteiger charge is 2.06. The van der Waals surface area contributed by atoms with Crippen LogP contribution >= 0.6 is 0 Å². The van der Waals surface area contributed by atoms with E-state index in [9.17, 15) is 13.2 Å². The zero-order valence-electron chi connectivity index (χ0n) is 10.9. The minimum Gasteiger partial charge on any atom is -0.465 e. The van der Waals surface area contributed by atoms with Crippen LogP contribution in [0.4, 0.5) is 0 Å². The molecule has 0 heterocycles. The molecule has 0 unspecified atom stereocenters. The molecule has 0 atom stereocenters. The Hall–Kier alpha value is -1.62. The second-order valence-electron chi connectivity index (χ2n) is 3.99. The molecule has 0 amide bonds. The Morgan fingerprint density at radius 2 is 1.95 bits per heavy atom. The third-order valence-electron chi connectivity index (χ3n) is 2.49. The number of rotatable bonds is 7. The average Bonchev–Trinajstić information content (AvgIpc) is 2.40. The van der Waals surface area contributed by atoms with Crippen LogP contribution in [0.5, 0.6) is 0 Å². The molecule has 5 heteroatoms. The molecule has 0 N–H and O–H groups in total. The van der Waals surface area contributed by atoms with Gasteiger partial charge in [-0.05, 0) is 12.0 Å². The maximum Gasteiger partial charge on any atom is 0.309 e. The number of esters is 1. The van der Waals surface area contributed by atoms with E-state index >= 15 is 0 Å². The van der Waals surface area contributed by atoms with E-state index in [-0.39, 0.29) is 11.3 Å². The van der Waals surface area contributed by atoms with Gasteiger partial charge in [0, 0.05) is 0 Å². The van der Waals surface area contributed by atoms with E-state index in [0.717, 1.165) is 12.8 Å². The molecular weight excluding hydrogens is 264 g/mol. The van der Waals surface area contributed by atoms with Gasteiger partial charge in [-0.1, -0.05) is 49.8 Å². The molecule has 1 aromatic rings. The number of carbonyl (C=O) groups excluding carboxylic acids is 1. The van der Waals surface area contributed by atoms with Crippen LogP contribution in [0.25, 0.3) is 4.91 Å². The quantitative estimate of drug-likeness (QED) is 0.474. The van der Waals surface area contributed by atoms with Gasteiger partial charge in [0.25, 0.3) is 0 Å². The molecule has 0 aliphatic carbocycles. The van der Waals surface area contributed by atoms with E-state index in [0.29, 0.717) is 12.2 Å². The van der Waals surface area contributed by atoms with Crippen molar-refractivity contribution < 1.29 is 17.9 Å². The molecule has 19 heavy (non-hydrogen) atoms. The summed E-state index contributed by atoms with van der Waals surface area (Å²) >= 11 is 0. The summed E-state index contributed by atoms with van der Waals surface area (Å²) in [6.07, 6.45) is 3.13. The van der Waals surface area contributed by atoms with Crippen LogP contribution in [-0.4, -0.2) is 21.0 Å². The van der Waals surface area contributed by atoms with E-state index in [1.807, 2.05) is 6.92 Å². The summed E-state index contributed by atoms with van der Waals surface area (Å²) in [5, 5.41) is 0. The normalized spacial score (nSPS) is 11.6. The minimum absolute atomic E-state index is 0.0305. The molecule has 0 radical (unpaired) electrons. The summed E-state index contributed by atoms with van der Waals surface area (Å²) < 4.78 is 27.3. The molecule has 104 valence electrons. The lowest BCUT2D eigenvalue weighted by atomic mass is 10.2. The highest BCUT2D eigenvalue weighted by Crippen LogP contribution is 2.15. The maximum atomic E-state index is 11.4. The van der Waals surface area contributed by atoms with Crippen LogP contribution in [0.1, 0.15) is 31.7 Å². The van der Waals surface area contributed by atoms with Crippen LogP contribution in [0, 0.1) is 0 Å². The molecule has 0 aliphatic heterocycles. The molecule has 0 fully saturated rings. The van der Waals surface area contributed by atoms with E-state index in [1.54, 1.807) is 30.3 Å². The lowest BCUT2D eigenvalue weighted by molar-refractivity contribution is -0.142. The van der Waals surface area contributed by atoms with Crippen molar-refractivity contribution in [2.24, 2.45) is 0 Å². The first-order chi connectivity index (χ1) is 9.15. The minimum atomic E-state index is -2.73. The predicted molar refractivity (Wildman–Crippen MR) is 75.2 cm³/mol. The number of hydrogen-bond donors (Lipinski definition) is 1. The topological polar surface area (TPSA) is 60.4 Å². The molecule has 0 saturated heterocycles. The molecule has 0 aromatic heterocycles. The van der Waals surface area contributed by atoms with Gasteiger partial charge in [-0.2, -0.15) is 0 Å². The standard InChI is InChI=1S/C14H18O4S/c1-2-3-11-18-14(15)10-9-13(19(16)17)12-7-5-4-6-8-12/h4-9,19H,2-3,10-11H2,1H3. The number of carbonyl (C=O) groups is 1. The van der Waals surface area contributed by atoms with Gasteiger partial charge < -0.3 is 4.74 Å². The Bertz CT molecular complexity index is 495. The van der Waals surface area contributed by atoms with Gasteiger partial charge in [0.2, 0.25) is 0 Å². The van der Waals surface area contributed by atoms with Gasteiger partial charge in [0.15, 0.2) is 10.7 Å². The number of thiol groups is 1. The summed E-state index contributed by atoms with van der Waals surface area (Å²) in [6, 6.07) is 8.69. The van der Waals surface area contributed by atoms with Crippen molar-refractivity contribution in [3.63, 3.8) is 0 Å². The fourth-order valence-electron chi connectivity index (χ4n) is 1.48. The highest BCUT2D eigenvalue weighted by atomic mass is 32.2. The van der Waals surface area contributed by atoms with Crippen molar-refractivity contribution in [2.75, 3.05) is 6.61 Å². The summed E-state index contributed by atoms with van der Waals surface area (Å²) in [5.74, 6) is -0.404. The first kappa shape index (κ1) is 15.4. The van der Waals surface area contributed by atoms with Crippen molar-refractivity contribution in [1.29, 1.82) is 0 Å². The fourth-order valence-corrected chi connectivity index (χ4v) is 2.08. The van der Waals surface area contributed by atoms with Gasteiger partial charge in [0.05, 0.1) is 17.9 Å². The van der Waals surface area contributed by atoms with Gasteiger partial charge in [-0.25, -0.2) is 8.42 Å². The number of unbranched alkanes of at least 4 members (excludes halogenated alkanes) is 1. The second-order valence-corrected chi connectivity index (χ2v) is 4.99. The van der Waals surface area contributed by atoms with Crippen LogP contribution < -0.4 is 0 Å². The lowest BCUT2D eigenvalue weighted by Gasteiger charge is -2.02.